The number of nitrogens with zero attached hydrogens (tertiary/aromatic N) is 1. The number of benzene rings is 1. The Balaban J connectivity index is 2.27. The Hall–Kier alpha value is -0.980. The molecule has 110 valence electrons. The lowest BCUT2D eigenvalue weighted by atomic mass is 10.1. The van der Waals surface area contributed by atoms with E-state index in [9.17, 15) is 8.42 Å². The fourth-order valence-electron chi connectivity index (χ4n) is 2.75. The fraction of sp³-hybridized carbons (Fsp3) is 0.500. The van der Waals surface area contributed by atoms with Gasteiger partial charge in [0.25, 0.3) is 0 Å². The molecule has 20 heavy (non-hydrogen) atoms. The van der Waals surface area contributed by atoms with E-state index in [1.54, 1.807) is 16.4 Å². The first kappa shape index (κ1) is 15.4. The van der Waals surface area contributed by atoms with Crippen molar-refractivity contribution in [2.75, 3.05) is 6.54 Å². The molecule has 1 aliphatic rings. The molecule has 1 atom stereocenters. The smallest absolute Gasteiger partial charge is 0.218 e. The number of sulfonamides is 1. The van der Waals surface area contributed by atoms with Gasteiger partial charge in [-0.05, 0) is 24.8 Å². The van der Waals surface area contributed by atoms with Crippen LogP contribution in [0.1, 0.15) is 37.3 Å². The third-order valence-corrected chi connectivity index (χ3v) is 5.86. The van der Waals surface area contributed by atoms with Crippen molar-refractivity contribution in [1.82, 2.24) is 4.31 Å². The number of hydrogen-bond acceptors (Lipinski definition) is 3. The van der Waals surface area contributed by atoms with Crippen LogP contribution in [0, 0.1) is 0 Å². The van der Waals surface area contributed by atoms with E-state index in [-0.39, 0.29) is 16.8 Å². The highest BCUT2D eigenvalue weighted by Gasteiger charge is 2.33. The van der Waals surface area contributed by atoms with Crippen molar-refractivity contribution in [1.29, 1.82) is 0 Å². The van der Waals surface area contributed by atoms with Crippen LogP contribution < -0.4 is 5.73 Å². The van der Waals surface area contributed by atoms with Crippen molar-refractivity contribution in [3.8, 4) is 0 Å². The summed E-state index contributed by atoms with van der Waals surface area (Å²) in [5.74, 6) is -0.0307. The molecule has 0 amide bonds. The molecule has 0 aliphatic carbocycles. The lowest BCUT2D eigenvalue weighted by Crippen LogP contribution is -2.36. The summed E-state index contributed by atoms with van der Waals surface area (Å²) >= 11 is 4.99. The van der Waals surface area contributed by atoms with E-state index in [0.717, 1.165) is 19.3 Å². The van der Waals surface area contributed by atoms with Crippen LogP contribution in [0.3, 0.4) is 0 Å². The first-order valence-electron chi connectivity index (χ1n) is 6.83. The largest absolute Gasteiger partial charge is 0.389 e. The van der Waals surface area contributed by atoms with Crippen molar-refractivity contribution in [2.24, 2.45) is 5.73 Å². The summed E-state index contributed by atoms with van der Waals surface area (Å²) in [7, 11) is -3.31. The van der Waals surface area contributed by atoms with E-state index in [2.05, 4.69) is 0 Å². The number of nitrogens with two attached hydrogens (primary N) is 1. The van der Waals surface area contributed by atoms with Crippen molar-refractivity contribution < 1.29 is 8.42 Å². The molecule has 2 rings (SSSR count). The molecule has 2 N–H and O–H groups in total. The summed E-state index contributed by atoms with van der Waals surface area (Å²) in [6.45, 7) is 2.65. The summed E-state index contributed by atoms with van der Waals surface area (Å²) in [4.78, 5) is 0.240. The second-order valence-corrected chi connectivity index (χ2v) is 7.45. The van der Waals surface area contributed by atoms with Gasteiger partial charge in [0.2, 0.25) is 10.0 Å². The molecular weight excluding hydrogens is 292 g/mol. The van der Waals surface area contributed by atoms with Gasteiger partial charge in [-0.1, -0.05) is 43.4 Å². The van der Waals surface area contributed by atoms with Crippen molar-refractivity contribution >= 4 is 27.2 Å². The molecule has 0 radical (unpaired) electrons. The quantitative estimate of drug-likeness (QED) is 0.845. The molecule has 4 nitrogen and oxygen atoms in total. The molecule has 1 heterocycles. The van der Waals surface area contributed by atoms with Gasteiger partial charge >= 0.3 is 0 Å². The highest BCUT2D eigenvalue weighted by Crippen LogP contribution is 2.26. The summed E-state index contributed by atoms with van der Waals surface area (Å²) in [5.41, 5.74) is 7.00. The minimum absolute atomic E-state index is 0.0307. The average molecular weight is 312 g/mol. The van der Waals surface area contributed by atoms with E-state index in [1.165, 1.54) is 0 Å². The van der Waals surface area contributed by atoms with Crippen LogP contribution in [0.15, 0.2) is 24.3 Å². The van der Waals surface area contributed by atoms with Gasteiger partial charge < -0.3 is 5.73 Å². The zero-order valence-electron chi connectivity index (χ0n) is 11.6. The second kappa shape index (κ2) is 6.20. The maximum absolute atomic E-state index is 12.6. The standard InChI is InChI=1S/C14H20N2O2S2/c1-2-12-7-5-9-16(12)20(17,18)10-11-6-3-4-8-13(11)14(15)19/h3-4,6,8,12H,2,5,7,9-10H2,1H3,(H2,15,19). The molecule has 0 bridgehead atoms. The molecule has 1 fully saturated rings. The van der Waals surface area contributed by atoms with Crippen LogP contribution in [0.2, 0.25) is 0 Å². The highest BCUT2D eigenvalue weighted by atomic mass is 32.2. The Bertz CT molecular complexity index is 599. The van der Waals surface area contributed by atoms with E-state index in [0.29, 0.717) is 17.7 Å². The van der Waals surface area contributed by atoms with Gasteiger partial charge in [-0.25, -0.2) is 8.42 Å². The molecule has 1 aromatic rings. The molecule has 1 aromatic carbocycles. The van der Waals surface area contributed by atoms with Gasteiger partial charge in [0.15, 0.2) is 0 Å². The SMILES string of the molecule is CCC1CCCN1S(=O)(=O)Cc1ccccc1C(N)=S. The first-order valence-corrected chi connectivity index (χ1v) is 8.84. The van der Waals surface area contributed by atoms with Crippen molar-refractivity contribution in [3.63, 3.8) is 0 Å². The van der Waals surface area contributed by atoms with Gasteiger partial charge in [-0.3, -0.25) is 0 Å². The van der Waals surface area contributed by atoms with Gasteiger partial charge in [0.1, 0.15) is 4.99 Å². The second-order valence-electron chi connectivity index (χ2n) is 5.09. The number of hydrogen-bond donors (Lipinski definition) is 1. The Labute approximate surface area is 126 Å². The van der Waals surface area contributed by atoms with E-state index < -0.39 is 10.0 Å². The minimum atomic E-state index is -3.31. The first-order chi connectivity index (χ1) is 9.45. The number of rotatable bonds is 5. The minimum Gasteiger partial charge on any atom is -0.389 e. The average Bonchev–Trinajstić information content (AvgIpc) is 2.87. The molecule has 1 saturated heterocycles. The third kappa shape index (κ3) is 3.19. The van der Waals surface area contributed by atoms with Gasteiger partial charge in [0.05, 0.1) is 5.75 Å². The fourth-order valence-corrected chi connectivity index (χ4v) is 4.87. The molecule has 1 aliphatic heterocycles. The molecule has 0 spiro atoms. The van der Waals surface area contributed by atoms with Crippen LogP contribution >= 0.6 is 12.2 Å². The Morgan fingerprint density at radius 1 is 1.45 bits per heavy atom. The van der Waals surface area contributed by atoms with Crippen LogP contribution in [-0.4, -0.2) is 30.3 Å². The van der Waals surface area contributed by atoms with Crippen LogP contribution in [0.25, 0.3) is 0 Å². The van der Waals surface area contributed by atoms with E-state index in [1.807, 2.05) is 19.1 Å². The Morgan fingerprint density at radius 2 is 2.15 bits per heavy atom. The summed E-state index contributed by atoms with van der Waals surface area (Å²) in [5, 5.41) is 0. The number of thiocarbonyl (C=S) groups is 1. The highest BCUT2D eigenvalue weighted by molar-refractivity contribution is 7.88. The monoisotopic (exact) mass is 312 g/mol. The predicted molar refractivity (Wildman–Crippen MR) is 85.0 cm³/mol. The molecule has 0 saturated carbocycles. The van der Waals surface area contributed by atoms with Crippen molar-refractivity contribution in [2.45, 2.75) is 38.0 Å². The summed E-state index contributed by atoms with van der Waals surface area (Å²) in [6.07, 6.45) is 2.75. The molecule has 0 aromatic heterocycles. The van der Waals surface area contributed by atoms with Crippen LogP contribution in [-0.2, 0) is 15.8 Å². The topological polar surface area (TPSA) is 63.4 Å². The van der Waals surface area contributed by atoms with Crippen LogP contribution in [0.4, 0.5) is 0 Å². The zero-order valence-corrected chi connectivity index (χ0v) is 13.2. The maximum Gasteiger partial charge on any atom is 0.218 e. The maximum atomic E-state index is 12.6. The van der Waals surface area contributed by atoms with Gasteiger partial charge in [-0.2, -0.15) is 4.31 Å². The van der Waals surface area contributed by atoms with Crippen LogP contribution in [0.5, 0.6) is 0 Å². The van der Waals surface area contributed by atoms with Gasteiger partial charge in [-0.15, -0.1) is 0 Å². The Morgan fingerprint density at radius 3 is 2.80 bits per heavy atom. The van der Waals surface area contributed by atoms with E-state index in [4.69, 9.17) is 18.0 Å². The van der Waals surface area contributed by atoms with Crippen molar-refractivity contribution in [3.05, 3.63) is 35.4 Å². The summed E-state index contributed by atoms with van der Waals surface area (Å²) in [6, 6.07) is 7.32. The molecule has 1 unspecified atom stereocenters. The van der Waals surface area contributed by atoms with Gasteiger partial charge in [0, 0.05) is 18.2 Å². The molecule has 6 heteroatoms. The summed E-state index contributed by atoms with van der Waals surface area (Å²) < 4.78 is 26.8. The Kier molecular flexibility index (Phi) is 4.78. The normalized spacial score (nSPS) is 20.1. The lowest BCUT2D eigenvalue weighted by Gasteiger charge is -2.23. The predicted octanol–water partition coefficient (Wildman–Crippen LogP) is 2.02. The third-order valence-electron chi connectivity index (χ3n) is 3.77. The molecular formula is C14H20N2O2S2. The zero-order chi connectivity index (χ0) is 14.8. The van der Waals surface area contributed by atoms with E-state index >= 15 is 0 Å². The lowest BCUT2D eigenvalue weighted by molar-refractivity contribution is 0.379.